The van der Waals surface area contributed by atoms with Crippen LogP contribution < -0.4 is 10.1 Å². The summed E-state index contributed by atoms with van der Waals surface area (Å²) in [4.78, 5) is 22.6. The molecule has 1 aliphatic heterocycles. The number of hydrogen-bond donors (Lipinski definition) is 1. The number of nitrogens with one attached hydrogen (secondary N) is 1. The molecule has 3 rings (SSSR count). The Bertz CT molecular complexity index is 1010. The average molecular weight is 410 g/mol. The van der Waals surface area contributed by atoms with Gasteiger partial charge in [0.05, 0.1) is 10.6 Å². The standard InChI is InChI=1S/C22H22N2O4S/c1-4-5-20(25)18-10-11-21(15(3)14(18)2)28-12-22-23-19(13-29-22)16-6-8-17(9-7-16)24(26)27/h6-13,23H,4-5H2,1-3H3. The summed E-state index contributed by atoms with van der Waals surface area (Å²) in [6.07, 6.45) is 3.01. The number of ketones is 1. The van der Waals surface area contributed by atoms with E-state index in [9.17, 15) is 14.9 Å². The van der Waals surface area contributed by atoms with Gasteiger partial charge in [0.1, 0.15) is 17.0 Å². The highest BCUT2D eigenvalue weighted by Gasteiger charge is 2.15. The van der Waals surface area contributed by atoms with Crippen LogP contribution in [0.2, 0.25) is 0 Å². The summed E-state index contributed by atoms with van der Waals surface area (Å²) in [7, 11) is 0. The number of non-ortho nitro benzene ring substituents is 1. The molecule has 0 aliphatic carbocycles. The molecule has 1 N–H and O–H groups in total. The highest BCUT2D eigenvalue weighted by molar-refractivity contribution is 8.06. The summed E-state index contributed by atoms with van der Waals surface area (Å²) >= 11 is 1.47. The minimum Gasteiger partial charge on any atom is -0.462 e. The Morgan fingerprint density at radius 3 is 2.55 bits per heavy atom. The number of nitro benzene ring substituents is 1. The quantitative estimate of drug-likeness (QED) is 0.273. The van der Waals surface area contributed by atoms with Crippen molar-refractivity contribution in [3.8, 4) is 5.75 Å². The molecule has 0 saturated carbocycles. The van der Waals surface area contributed by atoms with Gasteiger partial charge >= 0.3 is 0 Å². The van der Waals surface area contributed by atoms with Crippen LogP contribution >= 0.6 is 11.8 Å². The van der Waals surface area contributed by atoms with Gasteiger partial charge in [-0.15, -0.1) is 0 Å². The molecule has 6 nitrogen and oxygen atoms in total. The first-order chi connectivity index (χ1) is 13.9. The number of Topliss-reactive ketones (excluding diaryl/α,β-unsaturated/α-hetero) is 1. The van der Waals surface area contributed by atoms with E-state index in [4.69, 9.17) is 4.74 Å². The largest absolute Gasteiger partial charge is 0.462 e. The zero-order valence-corrected chi connectivity index (χ0v) is 17.3. The molecular formula is C22H22N2O4S. The Balaban J connectivity index is 1.68. The van der Waals surface area contributed by atoms with E-state index in [1.807, 2.05) is 38.3 Å². The zero-order valence-electron chi connectivity index (χ0n) is 16.5. The molecule has 2 aromatic carbocycles. The van der Waals surface area contributed by atoms with Gasteiger partial charge in [0.25, 0.3) is 5.69 Å². The molecule has 1 aliphatic rings. The lowest BCUT2D eigenvalue weighted by atomic mass is 9.97. The first kappa shape index (κ1) is 20.7. The minimum atomic E-state index is -0.417. The fourth-order valence-corrected chi connectivity index (χ4v) is 3.69. The predicted octanol–water partition coefficient (Wildman–Crippen LogP) is 5.71. The van der Waals surface area contributed by atoms with Gasteiger partial charge < -0.3 is 10.1 Å². The fourth-order valence-electron chi connectivity index (χ4n) is 2.98. The van der Waals surface area contributed by atoms with Gasteiger partial charge in [-0.2, -0.15) is 0 Å². The maximum Gasteiger partial charge on any atom is 0.269 e. The summed E-state index contributed by atoms with van der Waals surface area (Å²) in [5.74, 6) is 0.859. The first-order valence-electron chi connectivity index (χ1n) is 9.29. The van der Waals surface area contributed by atoms with Gasteiger partial charge in [-0.25, -0.2) is 0 Å². The zero-order chi connectivity index (χ0) is 21.0. The molecule has 29 heavy (non-hydrogen) atoms. The third kappa shape index (κ3) is 4.68. The van der Waals surface area contributed by atoms with Crippen LogP contribution in [0.1, 0.15) is 46.8 Å². The number of benzene rings is 2. The average Bonchev–Trinajstić information content (AvgIpc) is 3.18. The summed E-state index contributed by atoms with van der Waals surface area (Å²) in [6.45, 7) is 5.88. The second kappa shape index (κ2) is 8.96. The summed E-state index contributed by atoms with van der Waals surface area (Å²) < 4.78 is 5.85. The van der Waals surface area contributed by atoms with E-state index in [2.05, 4.69) is 5.32 Å². The molecule has 0 radical (unpaired) electrons. The van der Waals surface area contributed by atoms with Crippen molar-refractivity contribution in [3.05, 3.63) is 85.5 Å². The first-order valence-corrected chi connectivity index (χ1v) is 10.2. The van der Waals surface area contributed by atoms with Gasteiger partial charge in [-0.3, -0.25) is 14.9 Å². The molecule has 0 fully saturated rings. The van der Waals surface area contributed by atoms with Crippen molar-refractivity contribution in [2.24, 2.45) is 0 Å². The Morgan fingerprint density at radius 1 is 1.17 bits per heavy atom. The van der Waals surface area contributed by atoms with E-state index in [1.54, 1.807) is 18.4 Å². The Labute approximate surface area is 173 Å². The van der Waals surface area contributed by atoms with E-state index in [-0.39, 0.29) is 11.5 Å². The molecule has 150 valence electrons. The minimum absolute atomic E-state index is 0.0609. The summed E-state index contributed by atoms with van der Waals surface area (Å²) in [5, 5.41) is 16.8. The molecule has 2 aromatic rings. The van der Waals surface area contributed by atoms with Crippen molar-refractivity contribution >= 4 is 28.9 Å². The molecule has 0 saturated heterocycles. The molecule has 0 aromatic heterocycles. The van der Waals surface area contributed by atoms with Gasteiger partial charge in [-0.05, 0) is 61.2 Å². The Morgan fingerprint density at radius 2 is 1.90 bits per heavy atom. The number of rotatable bonds is 7. The second-order valence-corrected chi connectivity index (χ2v) is 7.62. The lowest BCUT2D eigenvalue weighted by molar-refractivity contribution is -0.384. The maximum atomic E-state index is 12.2. The molecular weight excluding hydrogens is 388 g/mol. The fraction of sp³-hybridized carbons (Fsp3) is 0.227. The monoisotopic (exact) mass is 410 g/mol. The van der Waals surface area contributed by atoms with E-state index >= 15 is 0 Å². The molecule has 0 bridgehead atoms. The van der Waals surface area contributed by atoms with Crippen molar-refractivity contribution in [1.29, 1.82) is 0 Å². The molecule has 7 heteroatoms. The maximum absolute atomic E-state index is 12.2. The Hall–Kier alpha value is -3.06. The number of nitro groups is 1. The molecule has 0 spiro atoms. The Kier molecular flexibility index (Phi) is 6.39. The molecule has 0 amide bonds. The van der Waals surface area contributed by atoms with Crippen LogP contribution in [0.15, 0.2) is 53.1 Å². The van der Waals surface area contributed by atoms with Crippen LogP contribution in [-0.4, -0.2) is 10.7 Å². The summed E-state index contributed by atoms with van der Waals surface area (Å²) in [5.41, 5.74) is 4.41. The van der Waals surface area contributed by atoms with Crippen LogP contribution in [-0.2, 0) is 0 Å². The van der Waals surface area contributed by atoms with Gasteiger partial charge in [-0.1, -0.05) is 18.7 Å². The van der Waals surface area contributed by atoms with Crippen molar-refractivity contribution in [2.45, 2.75) is 33.6 Å². The van der Waals surface area contributed by atoms with Crippen molar-refractivity contribution in [3.63, 3.8) is 0 Å². The number of ether oxygens (including phenoxy) is 1. The van der Waals surface area contributed by atoms with Crippen LogP contribution in [0.5, 0.6) is 5.75 Å². The second-order valence-electron chi connectivity index (χ2n) is 6.71. The number of hydrogen-bond acceptors (Lipinski definition) is 6. The van der Waals surface area contributed by atoms with E-state index in [0.29, 0.717) is 12.2 Å². The number of carbonyl (C=O) groups is 1. The highest BCUT2D eigenvalue weighted by Crippen LogP contribution is 2.32. The lowest BCUT2D eigenvalue weighted by Gasteiger charge is -2.12. The molecule has 0 atom stereocenters. The third-order valence-corrected chi connectivity index (χ3v) is 5.56. The lowest BCUT2D eigenvalue weighted by Crippen LogP contribution is -2.06. The number of carbonyl (C=O) groups excluding carboxylic acids is 1. The van der Waals surface area contributed by atoms with Crippen LogP contribution in [0.4, 0.5) is 5.69 Å². The third-order valence-electron chi connectivity index (χ3n) is 4.76. The number of nitrogens with zero attached hydrogens (tertiary/aromatic N) is 1. The van der Waals surface area contributed by atoms with Gasteiger partial charge in [0.2, 0.25) is 0 Å². The van der Waals surface area contributed by atoms with Crippen molar-refractivity contribution in [1.82, 2.24) is 5.32 Å². The SMILES string of the molecule is CCCC(=O)c1ccc(OC=C2NC(c3ccc([N+](=O)[O-])cc3)=CS2)c(C)c1C. The predicted molar refractivity (Wildman–Crippen MR) is 116 cm³/mol. The summed E-state index contributed by atoms with van der Waals surface area (Å²) in [6, 6.07) is 10.0. The van der Waals surface area contributed by atoms with Crippen LogP contribution in [0, 0.1) is 24.0 Å². The van der Waals surface area contributed by atoms with Crippen molar-refractivity contribution in [2.75, 3.05) is 0 Å². The van der Waals surface area contributed by atoms with Gasteiger partial charge in [0.15, 0.2) is 5.78 Å². The van der Waals surface area contributed by atoms with Gasteiger partial charge in [0, 0.05) is 29.5 Å². The molecule has 1 heterocycles. The normalized spacial score (nSPS) is 14.4. The van der Waals surface area contributed by atoms with E-state index in [1.165, 1.54) is 23.9 Å². The van der Waals surface area contributed by atoms with E-state index < -0.39 is 4.92 Å². The van der Waals surface area contributed by atoms with Crippen molar-refractivity contribution < 1.29 is 14.5 Å². The number of thioether (sulfide) groups is 1. The van der Waals surface area contributed by atoms with Crippen LogP contribution in [0.3, 0.4) is 0 Å². The van der Waals surface area contributed by atoms with Crippen LogP contribution in [0.25, 0.3) is 5.70 Å². The smallest absolute Gasteiger partial charge is 0.269 e. The highest BCUT2D eigenvalue weighted by atomic mass is 32.2. The molecule has 0 unspecified atom stereocenters. The van der Waals surface area contributed by atoms with E-state index in [0.717, 1.165) is 39.4 Å². The topological polar surface area (TPSA) is 81.5 Å².